The number of nitrogens with zero attached hydrogens (tertiary/aromatic N) is 14. The van der Waals surface area contributed by atoms with Gasteiger partial charge in [0.2, 0.25) is 17.7 Å². The Bertz CT molecular complexity index is 5400. The minimum atomic E-state index is -1.43. The molecule has 0 spiro atoms. The minimum Gasteiger partial charge on any atom is -0.476 e. The van der Waals surface area contributed by atoms with Crippen molar-refractivity contribution in [3.63, 3.8) is 0 Å². The number of halogens is 1. The molecule has 13 rings (SSSR count). The van der Waals surface area contributed by atoms with Crippen LogP contribution in [0.2, 0.25) is 0 Å². The molecule has 0 aliphatic carbocycles. The lowest BCUT2D eigenvalue weighted by Gasteiger charge is -2.19. The Kier molecular flexibility index (Phi) is 27.6. The molecule has 32 nitrogen and oxygen atoms in total. The van der Waals surface area contributed by atoms with E-state index in [1.165, 1.54) is 18.6 Å². The normalized spacial score (nSPS) is 11.6. The van der Waals surface area contributed by atoms with Crippen LogP contribution < -0.4 is 39.3 Å². The number of aromatic carboxylic acids is 1. The number of hydrogen-bond acceptors (Lipinski definition) is 30. The lowest BCUT2D eigenvalue weighted by atomic mass is 10.1. The lowest BCUT2D eigenvalue weighted by Crippen LogP contribution is -2.34. The number of nitrogens with two attached hydrogens (primary N) is 5. The van der Waals surface area contributed by atoms with Crippen LogP contribution in [0.5, 0.6) is 0 Å². The fraction of sp³-hybridized carbons (Fsp3) is 0.187. The molecule has 0 saturated carbocycles. The topological polar surface area (TPSA) is 498 Å². The van der Waals surface area contributed by atoms with Crippen LogP contribution in [0.15, 0.2) is 221 Å². The third-order valence-corrected chi connectivity index (χ3v) is 18.9. The summed E-state index contributed by atoms with van der Waals surface area (Å²) in [5.74, 6) is 1.97. The van der Waals surface area contributed by atoms with Crippen molar-refractivity contribution in [3.05, 3.63) is 199 Å². The maximum atomic E-state index is 13.1. The molecule has 13 aromatic rings. The number of amides is 2. The fourth-order valence-electron chi connectivity index (χ4n) is 9.71. The molecule has 2 amide bonds. The third-order valence-electron chi connectivity index (χ3n) is 14.6. The van der Waals surface area contributed by atoms with Gasteiger partial charge in [-0.05, 0) is 112 Å². The highest BCUT2D eigenvalue weighted by atomic mass is 79.9. The average Bonchev–Trinajstić information content (AvgIpc) is 1.79. The molecular formula is C75H74BrN21O11S3. The monoisotopic (exact) mass is 1620 g/mol. The molecule has 2 unspecified atom stereocenters. The van der Waals surface area contributed by atoms with E-state index in [4.69, 9.17) is 61.5 Å². The summed E-state index contributed by atoms with van der Waals surface area (Å²) in [6, 6.07) is 50.4. The third kappa shape index (κ3) is 22.7. The van der Waals surface area contributed by atoms with Crippen molar-refractivity contribution < 1.29 is 50.6 Å². The van der Waals surface area contributed by atoms with Gasteiger partial charge in [-0.25, -0.2) is 54.3 Å². The van der Waals surface area contributed by atoms with E-state index in [1.54, 1.807) is 63.0 Å². The summed E-state index contributed by atoms with van der Waals surface area (Å²) in [7, 11) is -2.68. The van der Waals surface area contributed by atoms with E-state index in [0.29, 0.717) is 90.6 Å². The van der Waals surface area contributed by atoms with E-state index in [0.717, 1.165) is 27.1 Å². The van der Waals surface area contributed by atoms with E-state index < -0.39 is 51.0 Å². The highest BCUT2D eigenvalue weighted by Crippen LogP contribution is 2.36. The number of benzene rings is 6. The number of carboxylic acids is 1. The van der Waals surface area contributed by atoms with Crippen LogP contribution in [0.25, 0.3) is 103 Å². The second-order valence-electron chi connectivity index (χ2n) is 25.1. The van der Waals surface area contributed by atoms with Gasteiger partial charge in [-0.2, -0.15) is 0 Å². The molecule has 7 aromatic heterocycles. The fourth-order valence-corrected chi connectivity index (χ4v) is 13.2. The second kappa shape index (κ2) is 37.9. The van der Waals surface area contributed by atoms with Gasteiger partial charge in [-0.3, -0.25) is 8.42 Å². The number of nitrogen functional groups attached to an aromatic ring is 4. The van der Waals surface area contributed by atoms with Crippen LogP contribution in [-0.2, 0) is 31.1 Å². The maximum absolute atomic E-state index is 13.1. The Labute approximate surface area is 653 Å². The standard InChI is InChI=1S/C25H26N6O4S.C25H26N6O3S.C20H18N6O2S.C5H4BrN3O2/c1-25(2,3)35-24(32)27-13-14-36(33)19-12-8-7-11-17(19)18-15-28-21(26)20(29-18)23-31-30-22(34-23)16-9-5-4-6-10-16;1-25(2,3)34-24(32)27-13-14-35-19-12-8-7-11-17(19)18-15-28-21(26)20(29-18)23-31-30-22(33-23)16-9-5-4-6-10-16;21-10-11-29(27)16-9-5-4-8-14(16)15-12-23-18(22)17(24-15)20-26-25-19(28-20)13-6-2-1-3-7-13;6-2-1-8-4(7)3(9-2)5(10)11/h4-12,15H,13-14H2,1-3H3,(H2,26,28)(H,27,32);4-12,15H,13-14H2,1-3H3,(H2,26,28)(H,27,32);1-9,12H,10-11,21H2,(H2,22,23);1H,(H2,7,8)(H,10,11). The van der Waals surface area contributed by atoms with Gasteiger partial charge in [0, 0.05) is 85.0 Å². The van der Waals surface area contributed by atoms with E-state index in [-0.39, 0.29) is 70.3 Å². The van der Waals surface area contributed by atoms with Crippen LogP contribution in [0.1, 0.15) is 52.0 Å². The highest BCUT2D eigenvalue weighted by molar-refractivity contribution is 9.10. The Balaban J connectivity index is 0.000000166. The van der Waals surface area contributed by atoms with Crippen molar-refractivity contribution in [2.24, 2.45) is 5.73 Å². The number of anilines is 4. The molecule has 570 valence electrons. The molecule has 36 heteroatoms. The molecule has 0 aliphatic heterocycles. The number of rotatable bonds is 21. The SMILES string of the molecule is CC(C)(C)OC(=O)NCCS(=O)c1ccccc1-c1cnc(N)c(-c2nnc(-c3ccccc3)o2)n1.CC(C)(C)OC(=O)NCCSc1ccccc1-c1cnc(N)c(-c2nnc(-c3ccccc3)o2)n1.NCCS(=O)c1ccccc1-c1cnc(N)c(-c2nnc(-c3ccccc3)o2)n1.Nc1ncc(Br)nc1C(=O)O. The lowest BCUT2D eigenvalue weighted by molar-refractivity contribution is 0.0519. The van der Waals surface area contributed by atoms with Crippen LogP contribution in [0.3, 0.4) is 0 Å². The summed E-state index contributed by atoms with van der Waals surface area (Å²) in [6.07, 6.45) is 4.99. The van der Waals surface area contributed by atoms with Gasteiger partial charge < -0.3 is 67.1 Å². The van der Waals surface area contributed by atoms with E-state index in [2.05, 4.69) is 92.0 Å². The summed E-state index contributed by atoms with van der Waals surface area (Å²) in [5, 5.41) is 38.4. The van der Waals surface area contributed by atoms with Crippen molar-refractivity contribution in [3.8, 4) is 103 Å². The number of carbonyl (C=O) groups is 3. The van der Waals surface area contributed by atoms with Crippen LogP contribution in [-0.4, -0.2) is 150 Å². The number of carboxylic acid groups (broad SMARTS) is 1. The van der Waals surface area contributed by atoms with Crippen molar-refractivity contribution >= 4 is 90.7 Å². The first kappa shape index (κ1) is 80.9. The number of thioether (sulfide) groups is 1. The largest absolute Gasteiger partial charge is 0.476 e. The van der Waals surface area contributed by atoms with Crippen molar-refractivity contribution in [2.75, 3.05) is 59.8 Å². The number of ether oxygens (including phenoxy) is 2. The number of aromatic nitrogens is 14. The quantitative estimate of drug-likeness (QED) is 0.0245. The second-order valence-corrected chi connectivity index (χ2v) is 30.1. The zero-order valence-corrected chi connectivity index (χ0v) is 64.5. The predicted molar refractivity (Wildman–Crippen MR) is 424 cm³/mol. The Morgan fingerprint density at radius 1 is 0.459 bits per heavy atom. The van der Waals surface area contributed by atoms with Crippen LogP contribution in [0, 0.1) is 0 Å². The van der Waals surface area contributed by atoms with Gasteiger partial charge in [-0.1, -0.05) is 109 Å². The molecule has 0 aliphatic rings. The molecule has 7 heterocycles. The molecule has 0 fully saturated rings. The van der Waals surface area contributed by atoms with E-state index >= 15 is 0 Å². The molecule has 2 atom stereocenters. The van der Waals surface area contributed by atoms with Crippen LogP contribution in [0.4, 0.5) is 32.9 Å². The summed E-state index contributed by atoms with van der Waals surface area (Å²) in [6.45, 7) is 11.8. The molecule has 13 N–H and O–H groups in total. The Morgan fingerprint density at radius 3 is 1.21 bits per heavy atom. The number of carbonyl (C=O) groups excluding carboxylic acids is 2. The zero-order valence-electron chi connectivity index (χ0n) is 60.4. The first-order valence-electron chi connectivity index (χ1n) is 33.7. The Hall–Kier alpha value is -12.6. The summed E-state index contributed by atoms with van der Waals surface area (Å²) in [5.41, 5.74) is 34.5. The molecule has 111 heavy (non-hydrogen) atoms. The van der Waals surface area contributed by atoms with Crippen molar-refractivity contribution in [1.29, 1.82) is 0 Å². The molecule has 0 radical (unpaired) electrons. The molecule has 0 saturated heterocycles. The Morgan fingerprint density at radius 2 is 0.811 bits per heavy atom. The molecule has 6 aromatic carbocycles. The predicted octanol–water partition coefficient (Wildman–Crippen LogP) is 12.2. The van der Waals surface area contributed by atoms with Crippen molar-refractivity contribution in [2.45, 2.75) is 67.4 Å². The maximum Gasteiger partial charge on any atom is 0.407 e. The zero-order chi connectivity index (χ0) is 79.2. The van der Waals surface area contributed by atoms with Gasteiger partial charge in [0.05, 0.1) is 63.5 Å². The van der Waals surface area contributed by atoms with E-state index in [1.807, 2.05) is 160 Å². The average molecular weight is 1620 g/mol. The first-order valence-corrected chi connectivity index (χ1v) is 38.1. The number of alkyl carbamates (subject to hydrolysis) is 2. The highest BCUT2D eigenvalue weighted by Gasteiger charge is 2.25. The number of nitrogens with one attached hydrogen (secondary N) is 2. The van der Waals surface area contributed by atoms with Gasteiger partial charge in [0.1, 0.15) is 15.8 Å². The summed E-state index contributed by atoms with van der Waals surface area (Å²) >= 11 is 4.56. The van der Waals surface area contributed by atoms with Crippen LogP contribution >= 0.6 is 27.7 Å². The first-order chi connectivity index (χ1) is 53.3. The molecule has 0 bridgehead atoms. The van der Waals surface area contributed by atoms with Gasteiger partial charge >= 0.3 is 18.2 Å². The van der Waals surface area contributed by atoms with Gasteiger partial charge in [0.25, 0.3) is 17.7 Å². The smallest absolute Gasteiger partial charge is 0.407 e. The summed E-state index contributed by atoms with van der Waals surface area (Å²) in [4.78, 5) is 70.1. The summed E-state index contributed by atoms with van der Waals surface area (Å²) < 4.78 is 53.9. The van der Waals surface area contributed by atoms with Gasteiger partial charge in [0.15, 0.2) is 46.0 Å². The van der Waals surface area contributed by atoms with E-state index in [9.17, 15) is 22.8 Å². The molecular weight excluding hydrogens is 1550 g/mol. The van der Waals surface area contributed by atoms with Gasteiger partial charge in [-0.15, -0.1) is 42.4 Å². The number of hydrogen-bond donors (Lipinski definition) is 8. The van der Waals surface area contributed by atoms with Crippen molar-refractivity contribution in [1.82, 2.24) is 81.1 Å². The minimum absolute atomic E-state index is 0.0827.